The smallest absolute Gasteiger partial charge is 0.425 e. The van der Waals surface area contributed by atoms with Crippen LogP contribution in [0.3, 0.4) is 0 Å². The molecule has 0 aliphatic carbocycles. The van der Waals surface area contributed by atoms with Crippen molar-refractivity contribution in [3.63, 3.8) is 0 Å². The van der Waals surface area contributed by atoms with Crippen LogP contribution in [0.1, 0.15) is 35.7 Å². The van der Waals surface area contributed by atoms with Crippen LogP contribution in [-0.2, 0) is 46.5 Å². The number of likely N-dealkylation sites (N-methyl/N-ethyl adjacent to an activating group) is 1. The average molecular weight is 833 g/mol. The molecule has 2 aromatic heterocycles. The Morgan fingerprint density at radius 1 is 0.828 bits per heavy atom. The van der Waals surface area contributed by atoms with E-state index in [4.69, 9.17) is 20.4 Å². The maximum absolute atomic E-state index is 14.5. The van der Waals surface area contributed by atoms with Crippen LogP contribution >= 0.6 is 11.3 Å². The number of thiophene rings is 1. The largest absolute Gasteiger partial charge is 0.479 e. The van der Waals surface area contributed by atoms with Crippen molar-refractivity contribution in [3.8, 4) is 10.4 Å². The normalized spacial score (nSPS) is 12.5. The number of benzene rings is 3. The third-order valence-electron chi connectivity index (χ3n) is 9.15. The first-order chi connectivity index (χ1) is 27.4. The lowest BCUT2D eigenvalue weighted by molar-refractivity contribution is -0.165. The molecule has 0 radical (unpaired) electrons. The van der Waals surface area contributed by atoms with Crippen molar-refractivity contribution < 1.29 is 56.8 Å². The number of aliphatic hydroxyl groups is 2. The van der Waals surface area contributed by atoms with E-state index < -0.39 is 52.4 Å². The van der Waals surface area contributed by atoms with Crippen molar-refractivity contribution in [1.82, 2.24) is 19.4 Å². The number of nitrogens with zero attached hydrogens (tertiary/aromatic N) is 4. The second-order valence-corrected chi connectivity index (χ2v) is 14.0. The maximum Gasteiger partial charge on any atom is 0.425 e. The molecule has 3 aromatic carbocycles. The summed E-state index contributed by atoms with van der Waals surface area (Å²) in [4.78, 5) is 54.6. The monoisotopic (exact) mass is 832 g/mol. The van der Waals surface area contributed by atoms with Gasteiger partial charge in [-0.15, -0.1) is 11.3 Å². The topological polar surface area (TPSA) is 174 Å². The lowest BCUT2D eigenvalue weighted by Crippen LogP contribution is -2.40. The zero-order valence-electron chi connectivity index (χ0n) is 31.3. The Hall–Kier alpha value is -5.56. The van der Waals surface area contributed by atoms with Gasteiger partial charge in [-0.2, -0.15) is 18.2 Å². The number of fused-ring (bicyclic) bond motifs is 1. The summed E-state index contributed by atoms with van der Waals surface area (Å²) < 4.78 is 69.4. The van der Waals surface area contributed by atoms with Crippen molar-refractivity contribution >= 4 is 40.1 Å². The number of carbonyl (C=O) groups excluding carboxylic acids is 1. The summed E-state index contributed by atoms with van der Waals surface area (Å²) in [5.41, 5.74) is 1.60. The van der Waals surface area contributed by atoms with E-state index >= 15 is 0 Å². The lowest BCUT2D eigenvalue weighted by Gasteiger charge is -2.28. The zero-order chi connectivity index (χ0) is 42.7. The number of carboxylic acids is 2. The molecule has 1 amide bonds. The van der Waals surface area contributed by atoms with Gasteiger partial charge in [-0.25, -0.2) is 18.4 Å². The maximum atomic E-state index is 14.5. The Bertz CT molecular complexity index is 2240. The molecule has 0 aliphatic heterocycles. The summed E-state index contributed by atoms with van der Waals surface area (Å²) in [6.07, 6.45) is -8.78. The van der Waals surface area contributed by atoms with E-state index in [0.717, 1.165) is 30.8 Å². The molecule has 2 unspecified atom stereocenters. The first-order valence-corrected chi connectivity index (χ1v) is 18.8. The molecule has 5 aromatic rings. The molecule has 0 fully saturated rings. The minimum Gasteiger partial charge on any atom is -0.479 e. The van der Waals surface area contributed by atoms with Gasteiger partial charge in [0.1, 0.15) is 17.2 Å². The Labute approximate surface area is 333 Å². The summed E-state index contributed by atoms with van der Waals surface area (Å²) >= 11 is 0.677. The van der Waals surface area contributed by atoms with Gasteiger partial charge in [0.05, 0.1) is 10.9 Å². The number of aromatic nitrogens is 2. The Kier molecular flexibility index (Phi) is 15.7. The summed E-state index contributed by atoms with van der Waals surface area (Å²) in [5.74, 6) is -5.43. The second-order valence-electron chi connectivity index (χ2n) is 12.9. The molecule has 58 heavy (non-hydrogen) atoms. The number of para-hydroxylation sites is 1. The second kappa shape index (κ2) is 20.2. The number of halogens is 5. The number of carbonyl (C=O) groups is 3. The van der Waals surface area contributed by atoms with Gasteiger partial charge in [0.15, 0.2) is 23.8 Å². The van der Waals surface area contributed by atoms with Crippen molar-refractivity contribution in [2.45, 2.75) is 58.2 Å². The number of aliphatic carboxylic acids is 2. The van der Waals surface area contributed by atoms with Crippen LogP contribution in [0.4, 0.5) is 22.0 Å². The van der Waals surface area contributed by atoms with Gasteiger partial charge in [0.2, 0.25) is 5.91 Å². The number of amides is 1. The van der Waals surface area contributed by atoms with Crippen molar-refractivity contribution in [1.29, 1.82) is 0 Å². The molecule has 0 aliphatic rings. The minimum absolute atomic E-state index is 0.0648. The number of rotatable bonds is 16. The van der Waals surface area contributed by atoms with E-state index in [0.29, 0.717) is 45.8 Å². The molecule has 0 bridgehead atoms. The van der Waals surface area contributed by atoms with Crippen LogP contribution in [0.2, 0.25) is 0 Å². The fraction of sp³-hybridized carbons (Fsp3) is 0.325. The highest BCUT2D eigenvalue weighted by Gasteiger charge is 2.32. The fourth-order valence-electron chi connectivity index (χ4n) is 5.86. The molecule has 310 valence electrons. The SMILES string of the molecule is CCN(CC)CCN(Cc1ccc(-c2ccc(C(F)(F)F)s2)cc1)C(=O)Cn1c(CCc2cccc(F)c2F)nc(=O)c2ccccc21.O=C(O)C(O)C(O)C(=O)O. The highest BCUT2D eigenvalue weighted by Crippen LogP contribution is 2.38. The van der Waals surface area contributed by atoms with Crippen molar-refractivity contribution in [2.24, 2.45) is 0 Å². The number of hydrogen-bond donors (Lipinski definition) is 4. The standard InChI is InChI=1S/C36H35F5N4O2S.C4H6O6/c1-3-43(4-2)20-21-44(22-24-12-14-25(15-13-24)30-17-18-31(48-30)36(39,40)41)33(46)23-45-29-11-6-5-9-27(29)35(47)42-32(45)19-16-26-8-7-10-28(37)34(26)38;5-1(3(7)8)2(6)4(9)10/h5-15,17-18H,3-4,16,19-23H2,1-2H3;1-2,5-6H,(H,7,8)(H,9,10). The molecule has 18 heteroatoms. The first kappa shape index (κ1) is 45.1. The summed E-state index contributed by atoms with van der Waals surface area (Å²) in [6.45, 7) is 6.77. The van der Waals surface area contributed by atoms with Gasteiger partial charge < -0.3 is 34.8 Å². The Morgan fingerprint density at radius 2 is 1.47 bits per heavy atom. The van der Waals surface area contributed by atoms with E-state index in [1.54, 1.807) is 58.0 Å². The molecule has 5 rings (SSSR count). The first-order valence-electron chi connectivity index (χ1n) is 17.9. The van der Waals surface area contributed by atoms with Gasteiger partial charge in [-0.05, 0) is 66.5 Å². The highest BCUT2D eigenvalue weighted by atomic mass is 32.1. The lowest BCUT2D eigenvalue weighted by atomic mass is 10.1. The molecule has 12 nitrogen and oxygen atoms in total. The zero-order valence-corrected chi connectivity index (χ0v) is 32.1. The molecular formula is C40H41F5N4O8S. The van der Waals surface area contributed by atoms with Crippen LogP contribution in [0, 0.1) is 11.6 Å². The van der Waals surface area contributed by atoms with Gasteiger partial charge in [0.25, 0.3) is 5.56 Å². The van der Waals surface area contributed by atoms with Gasteiger partial charge in [-0.3, -0.25) is 9.59 Å². The Balaban J connectivity index is 0.000000657. The van der Waals surface area contributed by atoms with Crippen LogP contribution in [0.15, 0.2) is 83.7 Å². The molecule has 0 saturated heterocycles. The van der Waals surface area contributed by atoms with E-state index in [1.807, 2.05) is 13.8 Å². The van der Waals surface area contributed by atoms with E-state index in [9.17, 15) is 41.1 Å². The molecule has 0 spiro atoms. The summed E-state index contributed by atoms with van der Waals surface area (Å²) in [7, 11) is 0. The van der Waals surface area contributed by atoms with Crippen LogP contribution in [-0.4, -0.2) is 96.0 Å². The van der Waals surface area contributed by atoms with E-state index in [-0.39, 0.29) is 43.2 Å². The van der Waals surface area contributed by atoms with E-state index in [2.05, 4.69) is 9.88 Å². The number of aryl methyl sites for hydroxylation is 2. The van der Waals surface area contributed by atoms with Crippen molar-refractivity contribution in [2.75, 3.05) is 26.2 Å². The average Bonchev–Trinajstić information content (AvgIpc) is 3.71. The molecule has 0 saturated carbocycles. The number of aliphatic hydroxyl groups excluding tert-OH is 2. The molecule has 2 atom stereocenters. The fourth-order valence-corrected chi connectivity index (χ4v) is 6.74. The predicted octanol–water partition coefficient (Wildman–Crippen LogP) is 5.46. The summed E-state index contributed by atoms with van der Waals surface area (Å²) in [5, 5.41) is 32.9. The van der Waals surface area contributed by atoms with Crippen molar-refractivity contribution in [3.05, 3.63) is 123 Å². The number of carboxylic acid groups (broad SMARTS) is 2. The predicted molar refractivity (Wildman–Crippen MR) is 205 cm³/mol. The third-order valence-corrected chi connectivity index (χ3v) is 10.3. The minimum atomic E-state index is -4.41. The summed E-state index contributed by atoms with van der Waals surface area (Å²) in [6, 6.07) is 20.4. The van der Waals surface area contributed by atoms with Gasteiger partial charge >= 0.3 is 18.1 Å². The van der Waals surface area contributed by atoms with Gasteiger partial charge in [0, 0.05) is 30.9 Å². The molecule has 2 heterocycles. The number of alkyl halides is 3. The van der Waals surface area contributed by atoms with E-state index in [1.165, 1.54) is 18.2 Å². The Morgan fingerprint density at radius 3 is 2.05 bits per heavy atom. The quantitative estimate of drug-likeness (QED) is 0.0937. The van der Waals surface area contributed by atoms with Crippen LogP contribution < -0.4 is 5.56 Å². The van der Waals surface area contributed by atoms with Crippen LogP contribution in [0.5, 0.6) is 0 Å². The van der Waals surface area contributed by atoms with Gasteiger partial charge in [-0.1, -0.05) is 62.4 Å². The highest BCUT2D eigenvalue weighted by molar-refractivity contribution is 7.15. The number of hydrogen-bond acceptors (Lipinski definition) is 9. The third kappa shape index (κ3) is 11.7. The van der Waals surface area contributed by atoms with Crippen LogP contribution in [0.25, 0.3) is 21.3 Å². The molecule has 4 N–H and O–H groups in total. The molecular weight excluding hydrogens is 792 g/mol.